The zero-order valence-corrected chi connectivity index (χ0v) is 10.0. The summed E-state index contributed by atoms with van der Waals surface area (Å²) in [5.41, 5.74) is 2.90. The minimum atomic E-state index is -0.0266. The molecule has 0 aliphatic rings. The molecule has 90 valence electrons. The van der Waals surface area contributed by atoms with Gasteiger partial charge in [0.15, 0.2) is 0 Å². The number of fused-ring (bicyclic) bond motifs is 1. The molecule has 2 aromatic rings. The van der Waals surface area contributed by atoms with Crippen molar-refractivity contribution in [2.45, 2.75) is 13.5 Å². The van der Waals surface area contributed by atoms with Crippen molar-refractivity contribution in [3.05, 3.63) is 35.8 Å². The number of likely N-dealkylation sites (N-methyl/N-ethyl adjacent to an activating group) is 1. The molecular weight excluding hydrogens is 216 g/mol. The molecule has 0 aliphatic carbocycles. The number of amides is 1. The number of aromatic nitrogens is 2. The van der Waals surface area contributed by atoms with Crippen molar-refractivity contribution in [3.63, 3.8) is 0 Å². The molecule has 0 unspecified atom stereocenters. The van der Waals surface area contributed by atoms with Gasteiger partial charge in [-0.25, -0.2) is 4.98 Å². The number of pyridine rings is 1. The van der Waals surface area contributed by atoms with Gasteiger partial charge in [0, 0.05) is 11.9 Å². The van der Waals surface area contributed by atoms with Gasteiger partial charge in [-0.3, -0.25) is 4.79 Å². The number of nitrogens with one attached hydrogen (secondary N) is 2. The van der Waals surface area contributed by atoms with Crippen molar-refractivity contribution >= 4 is 11.6 Å². The lowest BCUT2D eigenvalue weighted by atomic mass is 10.4. The summed E-state index contributed by atoms with van der Waals surface area (Å²) in [4.78, 5) is 15.7. The van der Waals surface area contributed by atoms with E-state index in [1.807, 2.05) is 35.7 Å². The first kappa shape index (κ1) is 11.6. The van der Waals surface area contributed by atoms with E-state index >= 15 is 0 Å². The molecule has 2 rings (SSSR count). The Balaban J connectivity index is 2.10. The SMILES string of the molecule is CNCC(=O)NCc1cn2c(C)cccc2n1. The van der Waals surface area contributed by atoms with Gasteiger partial charge in [0.25, 0.3) is 0 Å². The summed E-state index contributed by atoms with van der Waals surface area (Å²) in [7, 11) is 1.74. The molecule has 5 nitrogen and oxygen atoms in total. The summed E-state index contributed by atoms with van der Waals surface area (Å²) in [6.07, 6.45) is 1.95. The Hall–Kier alpha value is -1.88. The number of carbonyl (C=O) groups is 1. The zero-order chi connectivity index (χ0) is 12.3. The Bertz CT molecular complexity index is 532. The van der Waals surface area contributed by atoms with Crippen LogP contribution in [0.25, 0.3) is 5.65 Å². The number of carbonyl (C=O) groups excluding carboxylic acids is 1. The molecular formula is C12H16N4O. The van der Waals surface area contributed by atoms with E-state index in [4.69, 9.17) is 0 Å². The number of nitrogens with zero attached hydrogens (tertiary/aromatic N) is 2. The zero-order valence-electron chi connectivity index (χ0n) is 10.0. The number of hydrogen-bond acceptors (Lipinski definition) is 3. The second kappa shape index (κ2) is 4.97. The van der Waals surface area contributed by atoms with Crippen molar-refractivity contribution in [2.75, 3.05) is 13.6 Å². The second-order valence-corrected chi connectivity index (χ2v) is 3.93. The first-order valence-corrected chi connectivity index (χ1v) is 5.55. The van der Waals surface area contributed by atoms with Crippen LogP contribution in [0.15, 0.2) is 24.4 Å². The fourth-order valence-corrected chi connectivity index (χ4v) is 1.70. The molecule has 17 heavy (non-hydrogen) atoms. The van der Waals surface area contributed by atoms with Crippen LogP contribution >= 0.6 is 0 Å². The van der Waals surface area contributed by atoms with E-state index in [1.54, 1.807) is 7.05 Å². The molecule has 2 N–H and O–H groups in total. The Morgan fingerprint density at radius 3 is 3.00 bits per heavy atom. The Morgan fingerprint density at radius 1 is 1.47 bits per heavy atom. The van der Waals surface area contributed by atoms with Gasteiger partial charge in [-0.1, -0.05) is 6.07 Å². The molecule has 2 aromatic heterocycles. The van der Waals surface area contributed by atoms with Crippen LogP contribution in [0.4, 0.5) is 0 Å². The number of rotatable bonds is 4. The van der Waals surface area contributed by atoms with Crippen LogP contribution in [0.2, 0.25) is 0 Å². The van der Waals surface area contributed by atoms with E-state index in [9.17, 15) is 4.79 Å². The lowest BCUT2D eigenvalue weighted by Crippen LogP contribution is -2.31. The lowest BCUT2D eigenvalue weighted by Gasteiger charge is -2.01. The summed E-state index contributed by atoms with van der Waals surface area (Å²) in [6.45, 7) is 2.81. The molecule has 0 aromatic carbocycles. The van der Waals surface area contributed by atoms with Gasteiger partial charge < -0.3 is 15.0 Å². The van der Waals surface area contributed by atoms with E-state index in [0.717, 1.165) is 17.0 Å². The molecule has 0 bridgehead atoms. The average Bonchev–Trinajstić information content (AvgIpc) is 2.71. The van der Waals surface area contributed by atoms with Gasteiger partial charge in [-0.15, -0.1) is 0 Å². The average molecular weight is 232 g/mol. The third-order valence-electron chi connectivity index (χ3n) is 2.55. The number of imidazole rings is 1. The van der Waals surface area contributed by atoms with Crippen LogP contribution < -0.4 is 10.6 Å². The molecule has 5 heteroatoms. The summed E-state index contributed by atoms with van der Waals surface area (Å²) >= 11 is 0. The molecule has 0 spiro atoms. The molecule has 0 saturated carbocycles. The summed E-state index contributed by atoms with van der Waals surface area (Å²) < 4.78 is 2.01. The van der Waals surface area contributed by atoms with Gasteiger partial charge in [-0.05, 0) is 26.1 Å². The molecule has 1 amide bonds. The van der Waals surface area contributed by atoms with Gasteiger partial charge in [-0.2, -0.15) is 0 Å². The maximum Gasteiger partial charge on any atom is 0.234 e. The summed E-state index contributed by atoms with van der Waals surface area (Å²) in [6, 6.07) is 5.95. The van der Waals surface area contributed by atoms with Crippen molar-refractivity contribution in [1.29, 1.82) is 0 Å². The first-order valence-electron chi connectivity index (χ1n) is 5.55. The van der Waals surface area contributed by atoms with Crippen LogP contribution in [0.1, 0.15) is 11.4 Å². The monoisotopic (exact) mass is 232 g/mol. The highest BCUT2D eigenvalue weighted by molar-refractivity contribution is 5.77. The van der Waals surface area contributed by atoms with E-state index < -0.39 is 0 Å². The van der Waals surface area contributed by atoms with E-state index in [1.165, 1.54) is 0 Å². The van der Waals surface area contributed by atoms with Crippen LogP contribution in [0.3, 0.4) is 0 Å². The van der Waals surface area contributed by atoms with Crippen LogP contribution in [0, 0.1) is 6.92 Å². The van der Waals surface area contributed by atoms with Crippen molar-refractivity contribution in [2.24, 2.45) is 0 Å². The normalized spacial score (nSPS) is 10.7. The quantitative estimate of drug-likeness (QED) is 0.806. The molecule has 0 atom stereocenters. The Morgan fingerprint density at radius 2 is 2.29 bits per heavy atom. The van der Waals surface area contributed by atoms with Gasteiger partial charge in [0.1, 0.15) is 5.65 Å². The van der Waals surface area contributed by atoms with Gasteiger partial charge >= 0.3 is 0 Å². The minimum Gasteiger partial charge on any atom is -0.349 e. The molecule has 2 heterocycles. The van der Waals surface area contributed by atoms with Crippen molar-refractivity contribution < 1.29 is 4.79 Å². The smallest absolute Gasteiger partial charge is 0.234 e. The third-order valence-corrected chi connectivity index (χ3v) is 2.55. The maximum absolute atomic E-state index is 11.3. The van der Waals surface area contributed by atoms with Crippen molar-refractivity contribution in [1.82, 2.24) is 20.0 Å². The highest BCUT2D eigenvalue weighted by Crippen LogP contribution is 2.07. The highest BCUT2D eigenvalue weighted by Gasteiger charge is 2.04. The van der Waals surface area contributed by atoms with E-state index in [-0.39, 0.29) is 5.91 Å². The predicted octanol–water partition coefficient (Wildman–Crippen LogP) is 0.478. The topological polar surface area (TPSA) is 58.4 Å². The van der Waals surface area contributed by atoms with E-state index in [2.05, 4.69) is 15.6 Å². The highest BCUT2D eigenvalue weighted by atomic mass is 16.1. The van der Waals surface area contributed by atoms with E-state index in [0.29, 0.717) is 13.1 Å². The van der Waals surface area contributed by atoms with Gasteiger partial charge in [0.05, 0.1) is 18.8 Å². The summed E-state index contributed by atoms with van der Waals surface area (Å²) in [5, 5.41) is 5.60. The third kappa shape index (κ3) is 2.62. The number of aryl methyl sites for hydroxylation is 1. The fourth-order valence-electron chi connectivity index (χ4n) is 1.70. The largest absolute Gasteiger partial charge is 0.349 e. The molecule has 0 aliphatic heterocycles. The first-order chi connectivity index (χ1) is 8.20. The maximum atomic E-state index is 11.3. The second-order valence-electron chi connectivity index (χ2n) is 3.93. The minimum absolute atomic E-state index is 0.0266. The van der Waals surface area contributed by atoms with Crippen molar-refractivity contribution in [3.8, 4) is 0 Å². The number of hydrogen-bond donors (Lipinski definition) is 2. The van der Waals surface area contributed by atoms with Crippen LogP contribution in [-0.2, 0) is 11.3 Å². The molecule has 0 fully saturated rings. The predicted molar refractivity (Wildman–Crippen MR) is 65.7 cm³/mol. The molecule has 0 radical (unpaired) electrons. The summed E-state index contributed by atoms with van der Waals surface area (Å²) in [5.74, 6) is -0.0266. The lowest BCUT2D eigenvalue weighted by molar-refractivity contribution is -0.120. The molecule has 0 saturated heterocycles. The Labute approximate surface area is 99.9 Å². The van der Waals surface area contributed by atoms with Crippen LogP contribution in [0.5, 0.6) is 0 Å². The Kier molecular flexibility index (Phi) is 3.39. The fraction of sp³-hybridized carbons (Fsp3) is 0.333. The van der Waals surface area contributed by atoms with Crippen LogP contribution in [-0.4, -0.2) is 28.9 Å². The van der Waals surface area contributed by atoms with Gasteiger partial charge in [0.2, 0.25) is 5.91 Å². The standard InChI is InChI=1S/C12H16N4O/c1-9-4-3-5-11-15-10(8-16(9)11)6-14-12(17)7-13-2/h3-5,8,13H,6-7H2,1-2H3,(H,14,17).